The molecular weight excluding hydrogens is 321 g/mol. The third-order valence-corrected chi connectivity index (χ3v) is 3.75. The molecule has 1 aromatic rings. The fourth-order valence-corrected chi connectivity index (χ4v) is 2.95. The summed E-state index contributed by atoms with van der Waals surface area (Å²) in [5.74, 6) is -0.0411. The number of rotatable bonds is 4. The molecule has 4 atom stereocenters. The van der Waals surface area contributed by atoms with E-state index < -0.39 is 44.2 Å². The second kappa shape index (κ2) is 5.70. The maximum absolute atomic E-state index is 11.8. The standard InChI is InChI=1S/C10H16N3O8P/c1-10(16)7(21-22(17,18)19)5(4-14)20-8(10)13-3-2-6(11)12-9(13)15/h2-3,5,7-8,14,16H,4H2,1H3,(H2,11,12,15)(H2,17,18,19)/t5-,7-,8-,10-/m1/s1. The number of hydrogen-bond acceptors (Lipinski definition) is 8. The van der Waals surface area contributed by atoms with Gasteiger partial charge in [0.2, 0.25) is 0 Å². The second-order valence-electron chi connectivity index (χ2n) is 4.99. The van der Waals surface area contributed by atoms with Gasteiger partial charge >= 0.3 is 13.5 Å². The fraction of sp³-hybridized carbons (Fsp3) is 0.600. The van der Waals surface area contributed by atoms with Gasteiger partial charge in [-0.05, 0) is 13.0 Å². The first-order chi connectivity index (χ1) is 10.1. The Morgan fingerprint density at radius 2 is 2.23 bits per heavy atom. The summed E-state index contributed by atoms with van der Waals surface area (Å²) in [5, 5.41) is 19.8. The molecule has 2 rings (SSSR count). The van der Waals surface area contributed by atoms with Crippen molar-refractivity contribution in [3.63, 3.8) is 0 Å². The van der Waals surface area contributed by atoms with Crippen LogP contribution in [-0.4, -0.2) is 54.0 Å². The minimum Gasteiger partial charge on any atom is -0.394 e. The summed E-state index contributed by atoms with van der Waals surface area (Å²) in [7, 11) is -4.96. The van der Waals surface area contributed by atoms with Crippen molar-refractivity contribution >= 4 is 13.6 Å². The molecule has 12 heteroatoms. The minimum absolute atomic E-state index is 0.0411. The molecule has 1 saturated heterocycles. The lowest BCUT2D eigenvalue weighted by molar-refractivity contribution is -0.0977. The van der Waals surface area contributed by atoms with Gasteiger partial charge < -0.3 is 30.5 Å². The number of aliphatic hydroxyl groups excluding tert-OH is 1. The number of phosphoric ester groups is 1. The van der Waals surface area contributed by atoms with Gasteiger partial charge in [-0.2, -0.15) is 4.98 Å². The van der Waals surface area contributed by atoms with Crippen LogP contribution in [-0.2, 0) is 13.8 Å². The van der Waals surface area contributed by atoms with E-state index in [2.05, 4.69) is 9.51 Å². The van der Waals surface area contributed by atoms with E-state index in [1.165, 1.54) is 12.3 Å². The monoisotopic (exact) mass is 337 g/mol. The Morgan fingerprint density at radius 1 is 1.59 bits per heavy atom. The van der Waals surface area contributed by atoms with E-state index in [0.717, 1.165) is 11.5 Å². The molecule has 0 spiro atoms. The first kappa shape index (κ1) is 17.0. The lowest BCUT2D eigenvalue weighted by atomic mass is 9.96. The Hall–Kier alpha value is -1.33. The van der Waals surface area contributed by atoms with Crippen LogP contribution in [0.4, 0.5) is 5.82 Å². The van der Waals surface area contributed by atoms with Gasteiger partial charge in [0.15, 0.2) is 6.23 Å². The van der Waals surface area contributed by atoms with E-state index in [4.69, 9.17) is 20.3 Å². The number of hydrogen-bond donors (Lipinski definition) is 5. The summed E-state index contributed by atoms with van der Waals surface area (Å²) >= 11 is 0. The second-order valence-corrected chi connectivity index (χ2v) is 6.19. The van der Waals surface area contributed by atoms with Crippen LogP contribution in [0.5, 0.6) is 0 Å². The van der Waals surface area contributed by atoms with Crippen molar-refractivity contribution in [3.8, 4) is 0 Å². The van der Waals surface area contributed by atoms with Crippen molar-refractivity contribution in [3.05, 3.63) is 22.7 Å². The van der Waals surface area contributed by atoms with Crippen LogP contribution >= 0.6 is 7.82 Å². The molecule has 22 heavy (non-hydrogen) atoms. The molecule has 0 bridgehead atoms. The SMILES string of the molecule is C[C@@]1(O)[C@H](OP(=O)(O)O)[C@@H](CO)O[C@H]1n1ccc(N)nc1=O. The number of nitrogens with zero attached hydrogens (tertiary/aromatic N) is 2. The summed E-state index contributed by atoms with van der Waals surface area (Å²) < 4.78 is 21.7. The summed E-state index contributed by atoms with van der Waals surface area (Å²) in [6.45, 7) is 0.477. The molecular formula is C10H16N3O8P. The quantitative estimate of drug-likeness (QED) is 0.384. The summed E-state index contributed by atoms with van der Waals surface area (Å²) in [6, 6.07) is 1.28. The average molecular weight is 337 g/mol. The largest absolute Gasteiger partial charge is 0.470 e. The van der Waals surface area contributed by atoms with E-state index in [-0.39, 0.29) is 5.82 Å². The van der Waals surface area contributed by atoms with Gasteiger partial charge in [-0.15, -0.1) is 0 Å². The Morgan fingerprint density at radius 3 is 2.73 bits per heavy atom. The normalized spacial score (nSPS) is 32.3. The van der Waals surface area contributed by atoms with Gasteiger partial charge in [0, 0.05) is 6.20 Å². The molecule has 0 amide bonds. The zero-order valence-electron chi connectivity index (χ0n) is 11.4. The molecule has 0 aliphatic carbocycles. The molecule has 11 nitrogen and oxygen atoms in total. The van der Waals surface area contributed by atoms with Gasteiger partial charge in [0.05, 0.1) is 6.61 Å². The van der Waals surface area contributed by atoms with Crippen LogP contribution in [0.1, 0.15) is 13.2 Å². The molecule has 6 N–H and O–H groups in total. The first-order valence-corrected chi connectivity index (χ1v) is 7.66. The Labute approximate surface area is 124 Å². The molecule has 0 radical (unpaired) electrons. The van der Waals surface area contributed by atoms with Crippen LogP contribution in [0.15, 0.2) is 17.1 Å². The van der Waals surface area contributed by atoms with Crippen LogP contribution in [0.3, 0.4) is 0 Å². The minimum atomic E-state index is -4.96. The van der Waals surface area contributed by atoms with Gasteiger partial charge in [0.25, 0.3) is 0 Å². The van der Waals surface area contributed by atoms with Crippen molar-refractivity contribution in [1.29, 1.82) is 0 Å². The van der Waals surface area contributed by atoms with Crippen molar-refractivity contribution in [1.82, 2.24) is 9.55 Å². The van der Waals surface area contributed by atoms with E-state index in [1.54, 1.807) is 0 Å². The molecule has 0 unspecified atom stereocenters. The number of ether oxygens (including phenoxy) is 1. The van der Waals surface area contributed by atoms with Crippen LogP contribution < -0.4 is 11.4 Å². The van der Waals surface area contributed by atoms with Crippen LogP contribution in [0.2, 0.25) is 0 Å². The zero-order chi connectivity index (χ0) is 16.7. The molecule has 0 aromatic carbocycles. The fourth-order valence-electron chi connectivity index (χ4n) is 2.30. The molecule has 0 saturated carbocycles. The van der Waals surface area contributed by atoms with Gasteiger partial charge in [0.1, 0.15) is 23.6 Å². The highest BCUT2D eigenvalue weighted by atomic mass is 31.2. The third-order valence-electron chi connectivity index (χ3n) is 3.25. The number of nitrogen functional groups attached to an aromatic ring is 1. The van der Waals surface area contributed by atoms with Gasteiger partial charge in [-0.25, -0.2) is 9.36 Å². The molecule has 1 fully saturated rings. The molecule has 124 valence electrons. The van der Waals surface area contributed by atoms with Crippen molar-refractivity contribution < 1.29 is 33.8 Å². The number of aromatic nitrogens is 2. The zero-order valence-corrected chi connectivity index (χ0v) is 12.3. The lowest BCUT2D eigenvalue weighted by Crippen LogP contribution is -2.47. The molecule has 1 aliphatic rings. The predicted molar refractivity (Wildman–Crippen MR) is 71.4 cm³/mol. The Bertz CT molecular complexity index is 656. The Kier molecular flexibility index (Phi) is 4.42. The number of aliphatic hydroxyl groups is 2. The van der Waals surface area contributed by atoms with Crippen LogP contribution in [0, 0.1) is 0 Å². The average Bonchev–Trinajstić information content (AvgIpc) is 2.60. The third kappa shape index (κ3) is 3.20. The number of phosphoric acid groups is 1. The Balaban J connectivity index is 2.42. The maximum Gasteiger partial charge on any atom is 0.470 e. The lowest BCUT2D eigenvalue weighted by Gasteiger charge is -2.30. The van der Waals surface area contributed by atoms with Crippen LogP contribution in [0.25, 0.3) is 0 Å². The highest BCUT2D eigenvalue weighted by Crippen LogP contribution is 2.47. The van der Waals surface area contributed by atoms with Gasteiger partial charge in [-0.1, -0.05) is 0 Å². The number of anilines is 1. The summed E-state index contributed by atoms with van der Waals surface area (Å²) in [5.41, 5.74) is 2.51. The van der Waals surface area contributed by atoms with E-state index >= 15 is 0 Å². The molecule has 1 aliphatic heterocycles. The molecule has 1 aromatic heterocycles. The number of nitrogens with two attached hydrogens (primary N) is 1. The maximum atomic E-state index is 11.8. The highest BCUT2D eigenvalue weighted by Gasteiger charge is 2.56. The molecule has 2 heterocycles. The van der Waals surface area contributed by atoms with E-state index in [0.29, 0.717) is 0 Å². The van der Waals surface area contributed by atoms with E-state index in [9.17, 15) is 19.6 Å². The van der Waals surface area contributed by atoms with Crippen molar-refractivity contribution in [2.24, 2.45) is 0 Å². The van der Waals surface area contributed by atoms with Crippen molar-refractivity contribution in [2.45, 2.75) is 31.0 Å². The van der Waals surface area contributed by atoms with Crippen molar-refractivity contribution in [2.75, 3.05) is 12.3 Å². The smallest absolute Gasteiger partial charge is 0.394 e. The summed E-state index contributed by atoms with van der Waals surface area (Å²) in [4.78, 5) is 33.1. The topological polar surface area (TPSA) is 177 Å². The first-order valence-electron chi connectivity index (χ1n) is 6.13. The predicted octanol–water partition coefficient (Wildman–Crippen LogP) is -2.06. The highest BCUT2D eigenvalue weighted by molar-refractivity contribution is 7.46. The van der Waals surface area contributed by atoms with Gasteiger partial charge in [-0.3, -0.25) is 9.09 Å². The summed E-state index contributed by atoms with van der Waals surface area (Å²) in [6.07, 6.45) is -2.98. The van der Waals surface area contributed by atoms with E-state index in [1.807, 2.05) is 0 Å².